The van der Waals surface area contributed by atoms with Crippen molar-refractivity contribution in [1.29, 1.82) is 0 Å². The van der Waals surface area contributed by atoms with Crippen LogP contribution in [-0.2, 0) is 4.79 Å². The minimum atomic E-state index is -1.27. The van der Waals surface area contributed by atoms with Crippen LogP contribution in [-0.4, -0.2) is 34.6 Å². The van der Waals surface area contributed by atoms with Gasteiger partial charge in [0.25, 0.3) is 5.91 Å². The van der Waals surface area contributed by atoms with E-state index in [1.165, 1.54) is 12.8 Å². The molecular formula is C14H23NO2. The van der Waals surface area contributed by atoms with Crippen molar-refractivity contribution in [2.45, 2.75) is 57.5 Å². The highest BCUT2D eigenvalue weighted by atomic mass is 16.3. The molecule has 1 unspecified atom stereocenters. The van der Waals surface area contributed by atoms with E-state index >= 15 is 0 Å². The fourth-order valence-electron chi connectivity index (χ4n) is 2.82. The zero-order valence-electron chi connectivity index (χ0n) is 10.7. The van der Waals surface area contributed by atoms with Crippen LogP contribution >= 0.6 is 0 Å². The summed E-state index contributed by atoms with van der Waals surface area (Å²) in [5, 5.41) is 10.5. The lowest BCUT2D eigenvalue weighted by molar-refractivity contribution is -0.147. The quantitative estimate of drug-likeness (QED) is 0.748. The van der Waals surface area contributed by atoms with E-state index in [0.29, 0.717) is 0 Å². The van der Waals surface area contributed by atoms with Crippen LogP contribution in [0.15, 0.2) is 11.6 Å². The Hall–Kier alpha value is -0.830. The first kappa shape index (κ1) is 12.6. The molecule has 17 heavy (non-hydrogen) atoms. The van der Waals surface area contributed by atoms with Crippen molar-refractivity contribution in [1.82, 2.24) is 4.90 Å². The van der Waals surface area contributed by atoms with Gasteiger partial charge in [0, 0.05) is 13.1 Å². The zero-order chi connectivity index (χ0) is 12.3. The van der Waals surface area contributed by atoms with Crippen LogP contribution in [0, 0.1) is 0 Å². The van der Waals surface area contributed by atoms with Crippen molar-refractivity contribution >= 4 is 5.91 Å². The highest BCUT2D eigenvalue weighted by molar-refractivity contribution is 5.88. The number of piperidine rings is 1. The average Bonchev–Trinajstić information content (AvgIpc) is 2.40. The second kappa shape index (κ2) is 5.21. The summed E-state index contributed by atoms with van der Waals surface area (Å²) in [4.78, 5) is 14.2. The molecule has 1 amide bonds. The summed E-state index contributed by atoms with van der Waals surface area (Å²) >= 11 is 0. The molecule has 1 aliphatic heterocycles. The molecule has 1 fully saturated rings. The van der Waals surface area contributed by atoms with Gasteiger partial charge in [0.1, 0.15) is 0 Å². The SMILES string of the molecule is CC(O)(C(=O)N1CCCCC1)C1=CCCCC1. The fraction of sp³-hybridized carbons (Fsp3) is 0.786. The van der Waals surface area contributed by atoms with E-state index in [1.807, 2.05) is 4.90 Å². The molecule has 2 rings (SSSR count). The summed E-state index contributed by atoms with van der Waals surface area (Å²) in [6.45, 7) is 3.28. The fourth-order valence-corrected chi connectivity index (χ4v) is 2.82. The zero-order valence-corrected chi connectivity index (χ0v) is 10.7. The molecule has 1 heterocycles. The summed E-state index contributed by atoms with van der Waals surface area (Å²) in [5.41, 5.74) is -0.336. The summed E-state index contributed by atoms with van der Waals surface area (Å²) in [7, 11) is 0. The Bertz CT molecular complexity index is 314. The van der Waals surface area contributed by atoms with Crippen LogP contribution in [0.1, 0.15) is 51.9 Å². The van der Waals surface area contributed by atoms with Gasteiger partial charge in [-0.15, -0.1) is 0 Å². The van der Waals surface area contributed by atoms with Crippen LogP contribution in [0.3, 0.4) is 0 Å². The van der Waals surface area contributed by atoms with E-state index in [-0.39, 0.29) is 5.91 Å². The molecule has 0 aromatic carbocycles. The molecule has 0 aromatic rings. The van der Waals surface area contributed by atoms with Gasteiger partial charge < -0.3 is 10.0 Å². The van der Waals surface area contributed by atoms with E-state index in [0.717, 1.165) is 50.8 Å². The van der Waals surface area contributed by atoms with Gasteiger partial charge in [0.15, 0.2) is 5.60 Å². The van der Waals surface area contributed by atoms with Crippen LogP contribution in [0.5, 0.6) is 0 Å². The number of nitrogens with zero attached hydrogens (tertiary/aromatic N) is 1. The van der Waals surface area contributed by atoms with Crippen LogP contribution in [0.25, 0.3) is 0 Å². The molecule has 2 aliphatic rings. The number of hydrogen-bond acceptors (Lipinski definition) is 2. The van der Waals surface area contributed by atoms with E-state index in [9.17, 15) is 9.90 Å². The number of hydrogen-bond donors (Lipinski definition) is 1. The summed E-state index contributed by atoms with van der Waals surface area (Å²) in [5.74, 6) is -0.0923. The first-order valence-electron chi connectivity index (χ1n) is 6.83. The molecule has 0 aromatic heterocycles. The van der Waals surface area contributed by atoms with Gasteiger partial charge in [-0.2, -0.15) is 0 Å². The molecule has 96 valence electrons. The molecule has 0 spiro atoms. The minimum absolute atomic E-state index is 0.0923. The maximum atomic E-state index is 12.4. The second-order valence-corrected chi connectivity index (χ2v) is 5.40. The molecule has 3 nitrogen and oxygen atoms in total. The number of carbonyl (C=O) groups is 1. The third kappa shape index (κ3) is 2.71. The van der Waals surface area contributed by atoms with E-state index in [2.05, 4.69) is 6.08 Å². The van der Waals surface area contributed by atoms with Gasteiger partial charge in [-0.1, -0.05) is 6.08 Å². The van der Waals surface area contributed by atoms with Crippen molar-refractivity contribution in [2.75, 3.05) is 13.1 Å². The first-order valence-corrected chi connectivity index (χ1v) is 6.83. The second-order valence-electron chi connectivity index (χ2n) is 5.40. The maximum Gasteiger partial charge on any atom is 0.258 e. The van der Waals surface area contributed by atoms with Crippen molar-refractivity contribution in [2.24, 2.45) is 0 Å². The van der Waals surface area contributed by atoms with Gasteiger partial charge in [0.05, 0.1) is 0 Å². The summed E-state index contributed by atoms with van der Waals surface area (Å²) < 4.78 is 0. The molecule has 3 heteroatoms. The number of aliphatic hydroxyl groups is 1. The van der Waals surface area contributed by atoms with Crippen LogP contribution < -0.4 is 0 Å². The topological polar surface area (TPSA) is 40.5 Å². The Labute approximate surface area is 103 Å². The number of rotatable bonds is 2. The molecule has 1 aliphatic carbocycles. The van der Waals surface area contributed by atoms with Crippen molar-refractivity contribution < 1.29 is 9.90 Å². The monoisotopic (exact) mass is 237 g/mol. The molecule has 1 N–H and O–H groups in total. The van der Waals surface area contributed by atoms with E-state index in [1.54, 1.807) is 6.92 Å². The van der Waals surface area contributed by atoms with Gasteiger partial charge in [-0.3, -0.25) is 4.79 Å². The Balaban J connectivity index is 2.07. The van der Waals surface area contributed by atoms with E-state index in [4.69, 9.17) is 0 Å². The molecule has 0 bridgehead atoms. The highest BCUT2D eigenvalue weighted by Crippen LogP contribution is 2.29. The number of likely N-dealkylation sites (tertiary alicyclic amines) is 1. The Morgan fingerprint density at radius 2 is 1.94 bits per heavy atom. The summed E-state index contributed by atoms with van der Waals surface area (Å²) in [6, 6.07) is 0. The first-order chi connectivity index (χ1) is 8.12. The smallest absolute Gasteiger partial charge is 0.258 e. The molecule has 1 saturated heterocycles. The number of carbonyl (C=O) groups excluding carboxylic acids is 1. The van der Waals surface area contributed by atoms with Crippen molar-refractivity contribution in [3.63, 3.8) is 0 Å². The molecule has 0 saturated carbocycles. The van der Waals surface area contributed by atoms with Gasteiger partial charge >= 0.3 is 0 Å². The molecule has 1 atom stereocenters. The number of allylic oxidation sites excluding steroid dienone is 1. The summed E-state index contributed by atoms with van der Waals surface area (Å²) in [6.07, 6.45) is 9.54. The lowest BCUT2D eigenvalue weighted by Gasteiger charge is -2.35. The number of amides is 1. The third-order valence-electron chi connectivity index (χ3n) is 3.98. The molecule has 0 radical (unpaired) electrons. The largest absolute Gasteiger partial charge is 0.376 e. The highest BCUT2D eigenvalue weighted by Gasteiger charge is 2.38. The Morgan fingerprint density at radius 3 is 2.53 bits per heavy atom. The van der Waals surface area contributed by atoms with Crippen molar-refractivity contribution in [3.8, 4) is 0 Å². The van der Waals surface area contributed by atoms with Gasteiger partial charge in [-0.25, -0.2) is 0 Å². The lowest BCUT2D eigenvalue weighted by Crippen LogP contribution is -2.50. The Morgan fingerprint density at radius 1 is 1.24 bits per heavy atom. The van der Waals surface area contributed by atoms with Crippen LogP contribution in [0.2, 0.25) is 0 Å². The average molecular weight is 237 g/mol. The Kier molecular flexibility index (Phi) is 3.87. The standard InChI is InChI=1S/C14H23NO2/c1-14(17,12-8-4-2-5-9-12)13(16)15-10-6-3-7-11-15/h8,17H,2-7,9-11H2,1H3. The van der Waals surface area contributed by atoms with Gasteiger partial charge in [0.2, 0.25) is 0 Å². The predicted octanol–water partition coefficient (Wildman–Crippen LogP) is 2.25. The third-order valence-corrected chi connectivity index (χ3v) is 3.98. The van der Waals surface area contributed by atoms with Crippen molar-refractivity contribution in [3.05, 3.63) is 11.6 Å². The molecular weight excluding hydrogens is 214 g/mol. The van der Waals surface area contributed by atoms with Gasteiger partial charge in [-0.05, 0) is 57.4 Å². The minimum Gasteiger partial charge on any atom is -0.376 e. The van der Waals surface area contributed by atoms with Crippen LogP contribution in [0.4, 0.5) is 0 Å². The predicted molar refractivity (Wildman–Crippen MR) is 67.6 cm³/mol. The lowest BCUT2D eigenvalue weighted by atomic mass is 9.85. The normalized spacial score (nSPS) is 25.1. The van der Waals surface area contributed by atoms with E-state index < -0.39 is 5.60 Å². The maximum absolute atomic E-state index is 12.4.